The molecule has 280 valence electrons. The molecule has 0 saturated carbocycles. The van der Waals surface area contributed by atoms with Crippen molar-refractivity contribution in [2.24, 2.45) is 0 Å². The summed E-state index contributed by atoms with van der Waals surface area (Å²) in [6.07, 6.45) is 0. The Hall–Kier alpha value is -7.30. The summed E-state index contributed by atoms with van der Waals surface area (Å²) in [6, 6.07) is 57.2. The van der Waals surface area contributed by atoms with E-state index in [2.05, 4.69) is 104 Å². The molecule has 4 heteroatoms. The lowest BCUT2D eigenvalue weighted by atomic mass is 9.81. The third kappa shape index (κ3) is 5.59. The van der Waals surface area contributed by atoms with Gasteiger partial charge in [0.05, 0.1) is 0 Å². The molecule has 0 heterocycles. The molecular weight excluding hydrogens is 737 g/mol. The largest absolute Gasteiger partial charge is 0.207 e. The van der Waals surface area contributed by atoms with E-state index in [1.807, 2.05) is 54.6 Å². The van der Waals surface area contributed by atoms with Crippen molar-refractivity contribution in [2.75, 3.05) is 0 Å². The predicted octanol–water partition coefficient (Wildman–Crippen LogP) is 16.1. The van der Waals surface area contributed by atoms with Crippen LogP contribution in [0.2, 0.25) is 0 Å². The van der Waals surface area contributed by atoms with Gasteiger partial charge < -0.3 is 0 Å². The van der Waals surface area contributed by atoms with E-state index in [-0.39, 0.29) is 11.4 Å². The van der Waals surface area contributed by atoms with Gasteiger partial charge in [0.2, 0.25) is 0 Å². The third-order valence-electron chi connectivity index (χ3n) is 11.9. The van der Waals surface area contributed by atoms with E-state index in [0.29, 0.717) is 5.56 Å². The first kappa shape index (κ1) is 34.9. The van der Waals surface area contributed by atoms with Crippen LogP contribution in [0.4, 0.5) is 17.6 Å². The van der Waals surface area contributed by atoms with Crippen LogP contribution in [0, 0.1) is 30.2 Å². The third-order valence-corrected chi connectivity index (χ3v) is 11.9. The Morgan fingerprint density at radius 2 is 0.763 bits per heavy atom. The molecular formula is C55H32F4. The SMILES string of the molecule is Cc1ccc(-c2ccc3c(-c4cc5ccccc5c5ccccc45)c4cc(-c5cc(F)c(F)c(F)c5)ccc4c(-c4cc5cc(F)ccc5c5ccccc45)c3c2)cc1. The second-order valence-corrected chi connectivity index (χ2v) is 15.4. The highest BCUT2D eigenvalue weighted by molar-refractivity contribution is 6.29. The summed E-state index contributed by atoms with van der Waals surface area (Å²) >= 11 is 0. The fourth-order valence-corrected chi connectivity index (χ4v) is 9.19. The van der Waals surface area contributed by atoms with Crippen molar-refractivity contribution >= 4 is 64.6 Å². The topological polar surface area (TPSA) is 0 Å². The minimum absolute atomic E-state index is 0.223. The number of hydrogen-bond acceptors (Lipinski definition) is 0. The summed E-state index contributed by atoms with van der Waals surface area (Å²) in [5.74, 6) is -4.33. The van der Waals surface area contributed by atoms with Gasteiger partial charge in [-0.2, -0.15) is 0 Å². The van der Waals surface area contributed by atoms with Crippen molar-refractivity contribution in [1.29, 1.82) is 0 Å². The van der Waals surface area contributed by atoms with Gasteiger partial charge in [0.1, 0.15) is 5.82 Å². The minimum Gasteiger partial charge on any atom is -0.207 e. The molecule has 0 aliphatic carbocycles. The van der Waals surface area contributed by atoms with Gasteiger partial charge in [-0.1, -0.05) is 133 Å². The van der Waals surface area contributed by atoms with Gasteiger partial charge in [-0.15, -0.1) is 0 Å². The summed E-state index contributed by atoms with van der Waals surface area (Å²) in [7, 11) is 0. The van der Waals surface area contributed by atoms with E-state index >= 15 is 4.39 Å². The van der Waals surface area contributed by atoms with E-state index in [4.69, 9.17) is 0 Å². The van der Waals surface area contributed by atoms with E-state index < -0.39 is 17.5 Å². The smallest absolute Gasteiger partial charge is 0.194 e. The summed E-state index contributed by atoms with van der Waals surface area (Å²) in [5, 5.41) is 11.8. The van der Waals surface area contributed by atoms with Crippen LogP contribution in [0.1, 0.15) is 5.56 Å². The van der Waals surface area contributed by atoms with Gasteiger partial charge in [-0.05, 0) is 165 Å². The van der Waals surface area contributed by atoms with Crippen LogP contribution in [0.15, 0.2) is 176 Å². The Morgan fingerprint density at radius 1 is 0.305 bits per heavy atom. The molecule has 0 unspecified atom stereocenters. The average Bonchev–Trinajstić information content (AvgIpc) is 3.26. The first-order chi connectivity index (χ1) is 28.8. The molecule has 0 N–H and O–H groups in total. The number of benzene rings is 11. The highest BCUT2D eigenvalue weighted by atomic mass is 19.2. The second kappa shape index (κ2) is 13.4. The molecule has 0 saturated heterocycles. The normalized spacial score (nSPS) is 11.8. The van der Waals surface area contributed by atoms with Gasteiger partial charge in [0, 0.05) is 0 Å². The van der Waals surface area contributed by atoms with Crippen molar-refractivity contribution in [3.8, 4) is 44.5 Å². The van der Waals surface area contributed by atoms with Crippen LogP contribution >= 0.6 is 0 Å². The number of hydrogen-bond donors (Lipinski definition) is 0. The van der Waals surface area contributed by atoms with Crippen molar-refractivity contribution in [2.45, 2.75) is 6.92 Å². The Bertz CT molecular complexity index is 3520. The molecule has 0 nitrogen and oxygen atoms in total. The van der Waals surface area contributed by atoms with E-state index in [9.17, 15) is 13.2 Å². The van der Waals surface area contributed by atoms with Crippen molar-refractivity contribution < 1.29 is 17.6 Å². The summed E-state index contributed by atoms with van der Waals surface area (Å²) in [5.41, 5.74) is 7.87. The lowest BCUT2D eigenvalue weighted by Crippen LogP contribution is -1.96. The molecule has 11 rings (SSSR count). The van der Waals surface area contributed by atoms with Gasteiger partial charge in [-0.25, -0.2) is 17.6 Å². The van der Waals surface area contributed by atoms with E-state index in [1.165, 1.54) is 11.6 Å². The molecule has 0 aliphatic heterocycles. The molecule has 0 fully saturated rings. The zero-order valence-corrected chi connectivity index (χ0v) is 31.8. The Balaban J connectivity index is 1.36. The van der Waals surface area contributed by atoms with Crippen LogP contribution in [0.3, 0.4) is 0 Å². The highest BCUT2D eigenvalue weighted by Crippen LogP contribution is 2.50. The summed E-state index contributed by atoms with van der Waals surface area (Å²) in [6.45, 7) is 2.07. The number of aryl methyl sites for hydroxylation is 1. The maximum absolute atomic E-state index is 15.0. The van der Waals surface area contributed by atoms with Gasteiger partial charge in [-0.3, -0.25) is 0 Å². The number of fused-ring (bicyclic) bond motifs is 8. The fraction of sp³-hybridized carbons (Fsp3) is 0.0182. The average molecular weight is 769 g/mol. The quantitative estimate of drug-likeness (QED) is 0.0724. The zero-order chi connectivity index (χ0) is 39.9. The van der Waals surface area contributed by atoms with Crippen LogP contribution in [-0.2, 0) is 0 Å². The Morgan fingerprint density at radius 3 is 1.36 bits per heavy atom. The lowest BCUT2D eigenvalue weighted by Gasteiger charge is -2.22. The molecule has 59 heavy (non-hydrogen) atoms. The Kier molecular flexibility index (Phi) is 7.92. The monoisotopic (exact) mass is 768 g/mol. The number of halogens is 4. The first-order valence-corrected chi connectivity index (χ1v) is 19.6. The number of rotatable bonds is 4. The molecule has 11 aromatic carbocycles. The second-order valence-electron chi connectivity index (χ2n) is 15.4. The molecule has 0 bridgehead atoms. The van der Waals surface area contributed by atoms with Crippen LogP contribution in [0.25, 0.3) is 109 Å². The lowest BCUT2D eigenvalue weighted by molar-refractivity contribution is 0.448. The molecule has 0 amide bonds. The van der Waals surface area contributed by atoms with Crippen molar-refractivity contribution in [3.05, 3.63) is 205 Å². The standard InChI is InChI=1S/C55H32F4/c1-31-14-16-32(17-15-31)33-18-21-45-49(25-33)54(48-28-37-24-38(56)20-23-40(37)42-11-5-7-13-44(42)48)46-22-19-34(36-29-51(57)55(59)52(58)30-36)26-50(46)53(45)47-27-35-8-2-3-9-39(35)41-10-4-6-12-43(41)47/h2-30H,1H3. The van der Waals surface area contributed by atoms with Crippen LogP contribution in [0.5, 0.6) is 0 Å². The van der Waals surface area contributed by atoms with Gasteiger partial charge >= 0.3 is 0 Å². The predicted molar refractivity (Wildman–Crippen MR) is 238 cm³/mol. The highest BCUT2D eigenvalue weighted by Gasteiger charge is 2.23. The van der Waals surface area contributed by atoms with E-state index in [1.54, 1.807) is 6.07 Å². The zero-order valence-electron chi connectivity index (χ0n) is 31.8. The van der Waals surface area contributed by atoms with E-state index in [0.717, 1.165) is 110 Å². The van der Waals surface area contributed by atoms with Crippen molar-refractivity contribution in [1.82, 2.24) is 0 Å². The van der Waals surface area contributed by atoms with Crippen LogP contribution in [-0.4, -0.2) is 0 Å². The van der Waals surface area contributed by atoms with Gasteiger partial charge in [0.25, 0.3) is 0 Å². The maximum Gasteiger partial charge on any atom is 0.194 e. The van der Waals surface area contributed by atoms with Gasteiger partial charge in [0.15, 0.2) is 17.5 Å². The molecule has 11 aromatic rings. The molecule has 0 radical (unpaired) electrons. The molecule has 0 aliphatic rings. The Labute approximate surface area is 337 Å². The molecule has 0 aromatic heterocycles. The first-order valence-electron chi connectivity index (χ1n) is 19.6. The molecule has 0 atom stereocenters. The van der Waals surface area contributed by atoms with Crippen molar-refractivity contribution in [3.63, 3.8) is 0 Å². The maximum atomic E-state index is 15.0. The minimum atomic E-state index is -1.50. The fourth-order valence-electron chi connectivity index (χ4n) is 9.19. The summed E-state index contributed by atoms with van der Waals surface area (Å²) < 4.78 is 59.1. The molecule has 0 spiro atoms. The van der Waals surface area contributed by atoms with Crippen LogP contribution < -0.4 is 0 Å². The summed E-state index contributed by atoms with van der Waals surface area (Å²) in [4.78, 5) is 0.